The van der Waals surface area contributed by atoms with E-state index in [4.69, 9.17) is 15.0 Å². The van der Waals surface area contributed by atoms with Crippen molar-refractivity contribution in [3.63, 3.8) is 0 Å². The Morgan fingerprint density at radius 1 is 1.20 bits per heavy atom. The van der Waals surface area contributed by atoms with Gasteiger partial charge in [-0.25, -0.2) is 0 Å². The Kier molecular flexibility index (Phi) is 3.38. The number of aliphatic imine (C=N–C) groups is 1. The van der Waals surface area contributed by atoms with Gasteiger partial charge in [0.05, 0.1) is 16.7 Å². The van der Waals surface area contributed by atoms with Crippen LogP contribution < -0.4 is 5.73 Å². The number of nitrogens with zero attached hydrogens (tertiary/aromatic N) is 1. The van der Waals surface area contributed by atoms with E-state index in [1.54, 1.807) is 6.08 Å². The van der Waals surface area contributed by atoms with E-state index in [9.17, 15) is 4.79 Å². The van der Waals surface area contributed by atoms with Gasteiger partial charge in [-0.05, 0) is 59.5 Å². The van der Waals surface area contributed by atoms with Crippen molar-refractivity contribution in [3.8, 4) is 0 Å². The van der Waals surface area contributed by atoms with Crippen LogP contribution in [0.15, 0.2) is 16.5 Å². The van der Waals surface area contributed by atoms with Crippen LogP contribution in [0.25, 0.3) is 0 Å². The normalized spacial score (nSPS) is 27.0. The molecule has 5 nitrogen and oxygen atoms in total. The summed E-state index contributed by atoms with van der Waals surface area (Å²) in [7, 11) is -0.455. The minimum atomic E-state index is -0.521. The minimum absolute atomic E-state index is 0.283. The highest BCUT2D eigenvalue weighted by Gasteiger charge is 2.53. The number of carbonyl (C=O) groups is 1. The molecule has 2 aliphatic rings. The Balaban J connectivity index is 2.31. The van der Waals surface area contributed by atoms with Gasteiger partial charge in [0.25, 0.3) is 5.91 Å². The van der Waals surface area contributed by atoms with Crippen LogP contribution in [0, 0.1) is 0 Å². The number of hydrogen-bond acceptors (Lipinski definition) is 4. The number of nitrogens with two attached hydrogens (primary N) is 1. The molecule has 0 radical (unpaired) electrons. The molecule has 0 unspecified atom stereocenters. The zero-order chi connectivity index (χ0) is 15.3. The van der Waals surface area contributed by atoms with Crippen molar-refractivity contribution in [1.29, 1.82) is 0 Å². The van der Waals surface area contributed by atoms with E-state index in [-0.39, 0.29) is 11.3 Å². The van der Waals surface area contributed by atoms with Crippen molar-refractivity contribution < 1.29 is 14.1 Å². The number of primary amides is 1. The van der Waals surface area contributed by atoms with Crippen LogP contribution >= 0.6 is 0 Å². The first-order valence-corrected chi connectivity index (χ1v) is 6.89. The molecule has 0 bridgehead atoms. The van der Waals surface area contributed by atoms with Crippen LogP contribution in [0.5, 0.6) is 0 Å². The number of amides is 1. The molecular weight excluding hydrogens is 255 g/mol. The van der Waals surface area contributed by atoms with Crippen molar-refractivity contribution in [3.05, 3.63) is 11.5 Å². The molecule has 2 aliphatic heterocycles. The summed E-state index contributed by atoms with van der Waals surface area (Å²) < 4.78 is 12.1. The molecule has 0 aromatic heterocycles. The molecule has 6 heteroatoms. The predicted octanol–water partition coefficient (Wildman–Crippen LogP) is 1.65. The maximum absolute atomic E-state index is 11.4. The average molecular weight is 278 g/mol. The van der Waals surface area contributed by atoms with Gasteiger partial charge in [0.2, 0.25) is 0 Å². The SMILES string of the molecule is CC1(C)CC(B2OC(C)(C)C(C)(C)O2)=CC(C(N)=O)=N1. The Hall–Kier alpha value is -1.14. The van der Waals surface area contributed by atoms with Gasteiger partial charge in [-0.2, -0.15) is 0 Å². The van der Waals surface area contributed by atoms with Gasteiger partial charge in [-0.3, -0.25) is 9.79 Å². The van der Waals surface area contributed by atoms with E-state index in [1.807, 2.05) is 41.5 Å². The fourth-order valence-corrected chi connectivity index (χ4v) is 2.40. The standard InChI is InChI=1S/C14H23BN2O3/c1-12(2)8-9(7-10(17-12)11(16)18)15-19-13(3,4)14(5,6)20-15/h7H,8H2,1-6H3,(H2,16,18). The van der Waals surface area contributed by atoms with Gasteiger partial charge in [0.1, 0.15) is 5.71 Å². The van der Waals surface area contributed by atoms with Crippen LogP contribution in [-0.4, -0.2) is 35.5 Å². The fourth-order valence-electron chi connectivity index (χ4n) is 2.40. The average Bonchev–Trinajstić information content (AvgIpc) is 2.46. The van der Waals surface area contributed by atoms with Gasteiger partial charge in [0.15, 0.2) is 0 Å². The molecule has 0 aliphatic carbocycles. The highest BCUT2D eigenvalue weighted by molar-refractivity contribution is 6.57. The van der Waals surface area contributed by atoms with Crippen molar-refractivity contribution in [2.75, 3.05) is 0 Å². The molecule has 0 saturated carbocycles. The highest BCUT2D eigenvalue weighted by atomic mass is 16.7. The molecule has 1 fully saturated rings. The Morgan fingerprint density at radius 2 is 1.70 bits per heavy atom. The first-order chi connectivity index (χ1) is 8.94. The second-order valence-electron chi connectivity index (χ2n) is 7.16. The van der Waals surface area contributed by atoms with Gasteiger partial charge in [-0.1, -0.05) is 0 Å². The van der Waals surface area contributed by atoms with Crippen LogP contribution in [-0.2, 0) is 14.1 Å². The lowest BCUT2D eigenvalue weighted by Gasteiger charge is -2.32. The van der Waals surface area contributed by atoms with Crippen molar-refractivity contribution in [2.45, 2.75) is 64.7 Å². The summed E-state index contributed by atoms with van der Waals surface area (Å²) in [4.78, 5) is 15.8. The molecular formula is C14H23BN2O3. The van der Waals surface area contributed by atoms with Crippen LogP contribution in [0.3, 0.4) is 0 Å². The number of carbonyl (C=O) groups excluding carboxylic acids is 1. The zero-order valence-electron chi connectivity index (χ0n) is 13.1. The molecule has 1 saturated heterocycles. The predicted molar refractivity (Wildman–Crippen MR) is 79.5 cm³/mol. The lowest BCUT2D eigenvalue weighted by Crippen LogP contribution is -2.41. The molecule has 0 atom stereocenters. The summed E-state index contributed by atoms with van der Waals surface area (Å²) in [5.41, 5.74) is 5.38. The van der Waals surface area contributed by atoms with Crippen LogP contribution in [0.1, 0.15) is 48.0 Å². The minimum Gasteiger partial charge on any atom is -0.400 e. The Morgan fingerprint density at radius 3 is 2.15 bits per heavy atom. The van der Waals surface area contributed by atoms with Crippen molar-refractivity contribution in [2.24, 2.45) is 10.7 Å². The highest BCUT2D eigenvalue weighted by Crippen LogP contribution is 2.40. The smallest absolute Gasteiger partial charge is 0.400 e. The monoisotopic (exact) mass is 278 g/mol. The molecule has 2 N–H and O–H groups in total. The van der Waals surface area contributed by atoms with Crippen LogP contribution in [0.4, 0.5) is 0 Å². The molecule has 110 valence electrons. The summed E-state index contributed by atoms with van der Waals surface area (Å²) in [5, 5.41) is 0. The number of dihydropyridines is 1. The maximum Gasteiger partial charge on any atom is 0.490 e. The summed E-state index contributed by atoms with van der Waals surface area (Å²) in [6, 6.07) is 0. The zero-order valence-corrected chi connectivity index (χ0v) is 13.1. The van der Waals surface area contributed by atoms with Crippen molar-refractivity contribution in [1.82, 2.24) is 0 Å². The lowest BCUT2D eigenvalue weighted by atomic mass is 9.70. The Bertz CT molecular complexity index is 491. The molecule has 0 aromatic carbocycles. The molecule has 2 rings (SSSR count). The van der Waals surface area contributed by atoms with E-state index < -0.39 is 24.2 Å². The summed E-state index contributed by atoms with van der Waals surface area (Å²) in [5.74, 6) is -0.521. The summed E-state index contributed by atoms with van der Waals surface area (Å²) in [6.45, 7) is 12.0. The van der Waals surface area contributed by atoms with Gasteiger partial charge in [-0.15, -0.1) is 0 Å². The largest absolute Gasteiger partial charge is 0.490 e. The van der Waals surface area contributed by atoms with E-state index in [1.165, 1.54) is 0 Å². The third-order valence-electron chi connectivity index (χ3n) is 4.19. The second kappa shape index (κ2) is 4.43. The first-order valence-electron chi connectivity index (χ1n) is 6.89. The molecule has 2 heterocycles. The third-order valence-corrected chi connectivity index (χ3v) is 4.19. The maximum atomic E-state index is 11.4. The topological polar surface area (TPSA) is 73.9 Å². The Labute approximate surface area is 120 Å². The van der Waals surface area contributed by atoms with Gasteiger partial charge >= 0.3 is 7.12 Å². The summed E-state index contributed by atoms with van der Waals surface area (Å²) in [6.07, 6.45) is 2.39. The lowest BCUT2D eigenvalue weighted by molar-refractivity contribution is -0.111. The van der Waals surface area contributed by atoms with E-state index in [0.29, 0.717) is 6.42 Å². The third kappa shape index (κ3) is 2.67. The van der Waals surface area contributed by atoms with E-state index in [2.05, 4.69) is 4.99 Å². The molecule has 20 heavy (non-hydrogen) atoms. The van der Waals surface area contributed by atoms with Crippen LogP contribution in [0.2, 0.25) is 0 Å². The summed E-state index contributed by atoms with van der Waals surface area (Å²) >= 11 is 0. The van der Waals surface area contributed by atoms with E-state index in [0.717, 1.165) is 5.47 Å². The van der Waals surface area contributed by atoms with Gasteiger partial charge in [0, 0.05) is 0 Å². The molecule has 1 amide bonds. The molecule has 0 aromatic rings. The van der Waals surface area contributed by atoms with Gasteiger partial charge < -0.3 is 15.0 Å². The van der Waals surface area contributed by atoms with Crippen molar-refractivity contribution >= 4 is 18.7 Å². The molecule has 0 spiro atoms. The van der Waals surface area contributed by atoms with E-state index >= 15 is 0 Å². The quantitative estimate of drug-likeness (QED) is 0.780. The number of rotatable bonds is 2. The first kappa shape index (κ1) is 15.3. The second-order valence-corrected chi connectivity index (χ2v) is 7.16. The number of hydrogen-bond donors (Lipinski definition) is 1. The fraction of sp³-hybridized carbons (Fsp3) is 0.714.